The van der Waals surface area contributed by atoms with E-state index in [1.54, 1.807) is 24.3 Å². The second-order valence-corrected chi connectivity index (χ2v) is 7.87. The van der Waals surface area contributed by atoms with Crippen LogP contribution >= 0.6 is 0 Å². The number of ketones is 1. The first-order valence-electron chi connectivity index (χ1n) is 7.69. The number of hydrogen-bond donors (Lipinski definition) is 1. The van der Waals surface area contributed by atoms with Crippen molar-refractivity contribution in [1.29, 1.82) is 0 Å². The lowest BCUT2D eigenvalue weighted by molar-refractivity contribution is -0.119. The van der Waals surface area contributed by atoms with Crippen molar-refractivity contribution in [1.82, 2.24) is 4.31 Å². The lowest BCUT2D eigenvalue weighted by atomic mass is 10.1. The van der Waals surface area contributed by atoms with Gasteiger partial charge in [0.2, 0.25) is 10.0 Å². The minimum Gasteiger partial charge on any atom is -0.446 e. The van der Waals surface area contributed by atoms with Crippen molar-refractivity contribution in [3.63, 3.8) is 0 Å². The average Bonchev–Trinajstić information content (AvgIpc) is 2.52. The van der Waals surface area contributed by atoms with Gasteiger partial charge in [-0.1, -0.05) is 6.07 Å². The average molecular weight is 353 g/mol. The number of anilines is 1. The molecule has 2 fully saturated rings. The molecular weight excluding hydrogens is 334 g/mol. The highest BCUT2D eigenvalue weighted by Gasteiger charge is 2.31. The van der Waals surface area contributed by atoms with E-state index in [0.29, 0.717) is 25.9 Å². The van der Waals surface area contributed by atoms with Gasteiger partial charge in [-0.25, -0.2) is 13.2 Å². The van der Waals surface area contributed by atoms with E-state index in [9.17, 15) is 18.0 Å². The monoisotopic (exact) mass is 353 g/mol. The van der Waals surface area contributed by atoms with E-state index >= 15 is 0 Å². The molecule has 24 heavy (non-hydrogen) atoms. The number of Topliss-reactive ketones (excluding diaryl/α,β-unsaturated/α-hetero) is 1. The molecule has 0 atom stereocenters. The van der Waals surface area contributed by atoms with Gasteiger partial charge in [0.1, 0.15) is 6.10 Å². The summed E-state index contributed by atoms with van der Waals surface area (Å²) in [6.45, 7) is 1.18. The predicted molar refractivity (Wildman–Crippen MR) is 86.1 cm³/mol. The Morgan fingerprint density at radius 2 is 1.88 bits per heavy atom. The molecule has 0 aliphatic carbocycles. The summed E-state index contributed by atoms with van der Waals surface area (Å²) in [6, 6.07) is 6.60. The number of rotatable bonds is 4. The van der Waals surface area contributed by atoms with E-state index in [1.165, 1.54) is 4.31 Å². The van der Waals surface area contributed by atoms with E-state index in [4.69, 9.17) is 10.5 Å². The molecule has 0 radical (unpaired) electrons. The van der Waals surface area contributed by atoms with Crippen molar-refractivity contribution >= 4 is 27.6 Å². The fourth-order valence-electron chi connectivity index (χ4n) is 2.91. The summed E-state index contributed by atoms with van der Waals surface area (Å²) in [4.78, 5) is 23.9. The Kier molecular flexibility index (Phi) is 4.46. The summed E-state index contributed by atoms with van der Waals surface area (Å²) in [5, 5.41) is 0. The molecule has 0 unspecified atom stereocenters. The minimum absolute atomic E-state index is 0.139. The quantitative estimate of drug-likeness (QED) is 0.835. The van der Waals surface area contributed by atoms with Crippen LogP contribution in [0.15, 0.2) is 29.2 Å². The third-order valence-electron chi connectivity index (χ3n) is 4.24. The first kappa shape index (κ1) is 16.7. The van der Waals surface area contributed by atoms with Crippen LogP contribution in [0.2, 0.25) is 0 Å². The molecule has 3 rings (SSSR count). The van der Waals surface area contributed by atoms with Crippen LogP contribution in [0.25, 0.3) is 0 Å². The van der Waals surface area contributed by atoms with Gasteiger partial charge in [-0.05, 0) is 31.0 Å². The van der Waals surface area contributed by atoms with Gasteiger partial charge in [0.05, 0.1) is 18.0 Å². The van der Waals surface area contributed by atoms with Gasteiger partial charge in [0, 0.05) is 18.8 Å². The molecule has 2 saturated heterocycles. The SMILES string of the molecule is NC(=O)OC1CCN(S(=O)(=O)c2cccc(N3CC(=O)C3)c2)CC1. The van der Waals surface area contributed by atoms with E-state index in [1.807, 2.05) is 4.90 Å². The van der Waals surface area contributed by atoms with Gasteiger partial charge in [-0.3, -0.25) is 4.79 Å². The third kappa shape index (κ3) is 3.36. The van der Waals surface area contributed by atoms with E-state index in [0.717, 1.165) is 5.69 Å². The normalized spacial score (nSPS) is 19.8. The van der Waals surface area contributed by atoms with Crippen LogP contribution in [0.5, 0.6) is 0 Å². The van der Waals surface area contributed by atoms with Crippen LogP contribution in [0.3, 0.4) is 0 Å². The number of nitrogens with two attached hydrogens (primary N) is 1. The molecule has 9 heteroatoms. The maximum Gasteiger partial charge on any atom is 0.404 e. The molecule has 2 heterocycles. The van der Waals surface area contributed by atoms with Gasteiger partial charge in [0.15, 0.2) is 5.78 Å². The Morgan fingerprint density at radius 3 is 2.46 bits per heavy atom. The number of carbonyl (C=O) groups excluding carboxylic acids is 2. The number of hydrogen-bond acceptors (Lipinski definition) is 6. The zero-order valence-electron chi connectivity index (χ0n) is 13.1. The maximum absolute atomic E-state index is 12.8. The van der Waals surface area contributed by atoms with Gasteiger partial charge in [0.25, 0.3) is 0 Å². The molecule has 130 valence electrons. The Morgan fingerprint density at radius 1 is 1.21 bits per heavy atom. The second kappa shape index (κ2) is 6.40. The molecule has 0 saturated carbocycles. The second-order valence-electron chi connectivity index (χ2n) is 5.93. The van der Waals surface area contributed by atoms with Crippen molar-refractivity contribution in [2.75, 3.05) is 31.1 Å². The van der Waals surface area contributed by atoms with Crippen LogP contribution in [-0.2, 0) is 19.6 Å². The van der Waals surface area contributed by atoms with Crippen LogP contribution in [0.1, 0.15) is 12.8 Å². The smallest absolute Gasteiger partial charge is 0.404 e. The Hall–Kier alpha value is -2.13. The standard InChI is InChI=1S/C15H19N3O5S/c16-15(20)23-13-4-6-18(7-5-13)24(21,22)14-3-1-2-11(8-14)17-9-12(19)10-17/h1-3,8,13H,4-7,9-10H2,(H2,16,20). The molecule has 2 N–H and O–H groups in total. The molecule has 0 aromatic heterocycles. The highest BCUT2D eigenvalue weighted by molar-refractivity contribution is 7.89. The van der Waals surface area contributed by atoms with Crippen LogP contribution in [0.4, 0.5) is 10.5 Å². The summed E-state index contributed by atoms with van der Waals surface area (Å²) in [7, 11) is -3.62. The molecule has 0 spiro atoms. The van der Waals surface area contributed by atoms with Crippen molar-refractivity contribution in [2.24, 2.45) is 5.73 Å². The summed E-state index contributed by atoms with van der Waals surface area (Å²) in [6.07, 6.45) is -0.342. The largest absolute Gasteiger partial charge is 0.446 e. The lowest BCUT2D eigenvalue weighted by Gasteiger charge is -2.33. The Bertz CT molecular complexity index is 748. The molecule has 2 aliphatic rings. The topological polar surface area (TPSA) is 110 Å². The molecule has 8 nitrogen and oxygen atoms in total. The number of piperidine rings is 1. The number of amides is 1. The van der Waals surface area contributed by atoms with E-state index in [-0.39, 0.29) is 29.9 Å². The molecule has 1 aromatic rings. The minimum atomic E-state index is -3.62. The molecule has 0 bridgehead atoms. The Balaban J connectivity index is 1.71. The Labute approximate surface area is 140 Å². The molecular formula is C15H19N3O5S. The van der Waals surface area contributed by atoms with Crippen molar-refractivity contribution < 1.29 is 22.7 Å². The summed E-state index contributed by atoms with van der Waals surface area (Å²) in [5.74, 6) is 0.139. The first-order valence-corrected chi connectivity index (χ1v) is 9.13. The van der Waals surface area contributed by atoms with E-state index in [2.05, 4.69) is 0 Å². The van der Waals surface area contributed by atoms with Gasteiger partial charge >= 0.3 is 6.09 Å². The lowest BCUT2D eigenvalue weighted by Crippen LogP contribution is -2.47. The zero-order chi connectivity index (χ0) is 17.3. The summed E-state index contributed by atoms with van der Waals surface area (Å²) < 4.78 is 31.8. The maximum atomic E-state index is 12.8. The number of primary amides is 1. The zero-order valence-corrected chi connectivity index (χ0v) is 13.9. The van der Waals surface area contributed by atoms with Crippen molar-refractivity contribution in [3.8, 4) is 0 Å². The highest BCUT2D eigenvalue weighted by Crippen LogP contribution is 2.26. The first-order chi connectivity index (χ1) is 11.4. The van der Waals surface area contributed by atoms with Crippen LogP contribution < -0.4 is 10.6 Å². The molecule has 2 aliphatic heterocycles. The number of ether oxygens (including phenoxy) is 1. The van der Waals surface area contributed by atoms with Crippen molar-refractivity contribution in [2.45, 2.75) is 23.8 Å². The van der Waals surface area contributed by atoms with Crippen LogP contribution in [0, 0.1) is 0 Å². The predicted octanol–water partition coefficient (Wildman–Crippen LogP) is 0.324. The number of sulfonamides is 1. The van der Waals surface area contributed by atoms with Gasteiger partial charge in [-0.15, -0.1) is 0 Å². The fourth-order valence-corrected chi connectivity index (χ4v) is 4.42. The summed E-state index contributed by atoms with van der Waals surface area (Å²) in [5.41, 5.74) is 5.71. The highest BCUT2D eigenvalue weighted by atomic mass is 32.2. The van der Waals surface area contributed by atoms with Gasteiger partial charge in [-0.2, -0.15) is 4.31 Å². The van der Waals surface area contributed by atoms with Crippen molar-refractivity contribution in [3.05, 3.63) is 24.3 Å². The van der Waals surface area contributed by atoms with Crippen LogP contribution in [-0.4, -0.2) is 56.9 Å². The fraction of sp³-hybridized carbons (Fsp3) is 0.467. The summed E-state index contributed by atoms with van der Waals surface area (Å²) >= 11 is 0. The number of carbonyl (C=O) groups is 2. The number of nitrogens with zero attached hydrogens (tertiary/aromatic N) is 2. The molecule has 1 aromatic carbocycles. The van der Waals surface area contributed by atoms with Gasteiger partial charge < -0.3 is 15.4 Å². The number of benzene rings is 1. The van der Waals surface area contributed by atoms with E-state index < -0.39 is 16.1 Å². The third-order valence-corrected chi connectivity index (χ3v) is 6.13. The molecule has 1 amide bonds.